The molecule has 0 fully saturated rings. The third kappa shape index (κ3) is 2.14. The second kappa shape index (κ2) is 4.64. The van der Waals surface area contributed by atoms with Gasteiger partial charge >= 0.3 is 5.97 Å². The highest BCUT2D eigenvalue weighted by molar-refractivity contribution is 5.89. The average Bonchev–Trinajstić information content (AvgIpc) is 2.27. The fraction of sp³-hybridized carbons (Fsp3) is 0.286. The minimum atomic E-state index is -0.615. The van der Waals surface area contributed by atoms with Gasteiger partial charge in [-0.05, 0) is 38.0 Å². The van der Waals surface area contributed by atoms with Gasteiger partial charge in [0.1, 0.15) is 5.58 Å². The van der Waals surface area contributed by atoms with Crippen LogP contribution in [0.15, 0.2) is 27.4 Å². The predicted octanol–water partition coefficient (Wildman–Crippen LogP) is 2.59. The molecule has 0 aliphatic carbocycles. The molecular formula is C14H14O4. The molecular weight excluding hydrogens is 232 g/mol. The quantitative estimate of drug-likeness (QED) is 0.764. The Morgan fingerprint density at radius 3 is 2.67 bits per heavy atom. The summed E-state index contributed by atoms with van der Waals surface area (Å²) in [6.45, 7) is 5.69. The van der Waals surface area contributed by atoms with E-state index in [0.717, 1.165) is 11.1 Å². The van der Waals surface area contributed by atoms with E-state index in [1.807, 2.05) is 19.9 Å². The summed E-state index contributed by atoms with van der Waals surface area (Å²) in [6.07, 6.45) is 0. The lowest BCUT2D eigenvalue weighted by Gasteiger charge is -2.05. The van der Waals surface area contributed by atoms with E-state index in [1.54, 1.807) is 13.0 Å². The van der Waals surface area contributed by atoms with Crippen LogP contribution < -0.4 is 5.43 Å². The lowest BCUT2D eigenvalue weighted by Crippen LogP contribution is -2.10. The van der Waals surface area contributed by atoms with Crippen molar-refractivity contribution in [3.63, 3.8) is 0 Å². The van der Waals surface area contributed by atoms with Gasteiger partial charge in [-0.3, -0.25) is 4.79 Å². The zero-order valence-electron chi connectivity index (χ0n) is 10.6. The molecule has 0 aliphatic heterocycles. The summed E-state index contributed by atoms with van der Waals surface area (Å²) in [4.78, 5) is 23.5. The number of benzene rings is 1. The van der Waals surface area contributed by atoms with Crippen molar-refractivity contribution in [2.75, 3.05) is 6.61 Å². The van der Waals surface area contributed by atoms with E-state index in [-0.39, 0.29) is 17.8 Å². The Morgan fingerprint density at radius 2 is 2.00 bits per heavy atom. The smallest absolute Gasteiger partial charge is 0.374 e. The molecule has 0 saturated carbocycles. The molecule has 4 heteroatoms. The Hall–Kier alpha value is -2.10. The Morgan fingerprint density at radius 1 is 1.28 bits per heavy atom. The summed E-state index contributed by atoms with van der Waals surface area (Å²) < 4.78 is 10.3. The van der Waals surface area contributed by atoms with Crippen LogP contribution in [-0.2, 0) is 4.74 Å². The molecule has 1 aromatic carbocycles. The van der Waals surface area contributed by atoms with Crippen molar-refractivity contribution in [3.8, 4) is 0 Å². The monoisotopic (exact) mass is 246 g/mol. The molecule has 2 rings (SSSR count). The minimum absolute atomic E-state index is 0.0562. The predicted molar refractivity (Wildman–Crippen MR) is 67.9 cm³/mol. The molecule has 0 spiro atoms. The van der Waals surface area contributed by atoms with E-state index >= 15 is 0 Å². The fourth-order valence-electron chi connectivity index (χ4n) is 1.97. The second-order valence-electron chi connectivity index (χ2n) is 4.15. The number of ether oxygens (including phenoxy) is 1. The van der Waals surface area contributed by atoms with Gasteiger partial charge in [0, 0.05) is 6.07 Å². The second-order valence-corrected chi connectivity index (χ2v) is 4.15. The third-order valence-corrected chi connectivity index (χ3v) is 2.65. The fourth-order valence-corrected chi connectivity index (χ4v) is 1.97. The van der Waals surface area contributed by atoms with Crippen LogP contribution in [0.4, 0.5) is 0 Å². The van der Waals surface area contributed by atoms with Crippen molar-refractivity contribution in [1.82, 2.24) is 0 Å². The molecule has 94 valence electrons. The molecule has 4 nitrogen and oxygen atoms in total. The van der Waals surface area contributed by atoms with Gasteiger partial charge in [0.15, 0.2) is 5.43 Å². The molecule has 1 heterocycles. The molecule has 2 aromatic rings. The van der Waals surface area contributed by atoms with Crippen molar-refractivity contribution in [1.29, 1.82) is 0 Å². The van der Waals surface area contributed by atoms with Crippen molar-refractivity contribution >= 4 is 16.9 Å². The van der Waals surface area contributed by atoms with Crippen LogP contribution in [0.1, 0.15) is 28.6 Å². The minimum Gasteiger partial charge on any atom is -0.460 e. The summed E-state index contributed by atoms with van der Waals surface area (Å²) in [6, 6.07) is 4.83. The number of hydrogen-bond acceptors (Lipinski definition) is 4. The lowest BCUT2D eigenvalue weighted by atomic mass is 10.1. The number of esters is 1. The largest absolute Gasteiger partial charge is 0.460 e. The molecule has 0 atom stereocenters. The first-order valence-corrected chi connectivity index (χ1v) is 5.75. The maximum atomic E-state index is 12.0. The van der Waals surface area contributed by atoms with Gasteiger partial charge in [0.05, 0.1) is 12.0 Å². The molecule has 0 radical (unpaired) electrons. The third-order valence-electron chi connectivity index (χ3n) is 2.65. The van der Waals surface area contributed by atoms with Gasteiger partial charge in [-0.1, -0.05) is 6.07 Å². The van der Waals surface area contributed by atoms with Crippen LogP contribution in [0.25, 0.3) is 11.0 Å². The van der Waals surface area contributed by atoms with Gasteiger partial charge in [-0.2, -0.15) is 0 Å². The summed E-state index contributed by atoms with van der Waals surface area (Å²) in [7, 11) is 0. The maximum absolute atomic E-state index is 12.0. The van der Waals surface area contributed by atoms with Crippen LogP contribution in [0.2, 0.25) is 0 Å². The SMILES string of the molecule is CCOC(=O)c1cc(=O)c2c(C)cc(C)cc2o1. The number of aryl methyl sites for hydroxylation is 2. The Balaban J connectivity index is 2.69. The topological polar surface area (TPSA) is 56.5 Å². The standard InChI is InChI=1S/C14H14O4/c1-4-17-14(16)12-7-10(15)13-9(3)5-8(2)6-11(13)18-12/h5-7H,4H2,1-3H3. The molecule has 0 aliphatic rings. The number of carbonyl (C=O) groups excluding carboxylic acids is 1. The number of rotatable bonds is 2. The van der Waals surface area contributed by atoms with E-state index in [9.17, 15) is 9.59 Å². The Bertz CT molecular complexity index is 667. The molecule has 0 unspecified atom stereocenters. The van der Waals surface area contributed by atoms with Gasteiger partial charge in [0.2, 0.25) is 5.76 Å². The summed E-state index contributed by atoms with van der Waals surface area (Å²) >= 11 is 0. The molecule has 0 amide bonds. The van der Waals surface area contributed by atoms with E-state index in [0.29, 0.717) is 11.0 Å². The van der Waals surface area contributed by atoms with Crippen molar-refractivity contribution in [2.24, 2.45) is 0 Å². The van der Waals surface area contributed by atoms with Gasteiger partial charge in [-0.15, -0.1) is 0 Å². The van der Waals surface area contributed by atoms with E-state index in [4.69, 9.17) is 9.15 Å². The zero-order valence-corrected chi connectivity index (χ0v) is 10.6. The first kappa shape index (κ1) is 12.4. The summed E-state index contributed by atoms with van der Waals surface area (Å²) in [5, 5.41) is 0.508. The van der Waals surface area contributed by atoms with E-state index in [1.165, 1.54) is 6.07 Å². The number of carbonyl (C=O) groups is 1. The van der Waals surface area contributed by atoms with Crippen LogP contribution in [0.5, 0.6) is 0 Å². The van der Waals surface area contributed by atoms with Crippen LogP contribution in [-0.4, -0.2) is 12.6 Å². The molecule has 0 saturated heterocycles. The molecule has 18 heavy (non-hydrogen) atoms. The van der Waals surface area contributed by atoms with Gasteiger partial charge in [-0.25, -0.2) is 4.79 Å². The number of fused-ring (bicyclic) bond motifs is 1. The van der Waals surface area contributed by atoms with Crippen molar-refractivity contribution in [3.05, 3.63) is 45.3 Å². The highest BCUT2D eigenvalue weighted by atomic mass is 16.5. The van der Waals surface area contributed by atoms with Gasteiger partial charge in [0.25, 0.3) is 0 Å². The zero-order chi connectivity index (χ0) is 13.3. The highest BCUT2D eigenvalue weighted by Gasteiger charge is 2.14. The van der Waals surface area contributed by atoms with E-state index < -0.39 is 5.97 Å². The normalized spacial score (nSPS) is 10.6. The molecule has 0 bridgehead atoms. The first-order chi connectivity index (χ1) is 8.52. The van der Waals surface area contributed by atoms with Crippen molar-refractivity contribution in [2.45, 2.75) is 20.8 Å². The number of hydrogen-bond donors (Lipinski definition) is 0. The Kier molecular flexibility index (Phi) is 3.19. The molecule has 1 aromatic heterocycles. The van der Waals surface area contributed by atoms with Crippen molar-refractivity contribution < 1.29 is 13.9 Å². The highest BCUT2D eigenvalue weighted by Crippen LogP contribution is 2.18. The average molecular weight is 246 g/mol. The first-order valence-electron chi connectivity index (χ1n) is 5.75. The van der Waals surface area contributed by atoms with E-state index in [2.05, 4.69) is 0 Å². The lowest BCUT2D eigenvalue weighted by molar-refractivity contribution is 0.0490. The summed E-state index contributed by atoms with van der Waals surface area (Å²) in [5.74, 6) is -0.671. The van der Waals surface area contributed by atoms with Crippen LogP contribution in [0.3, 0.4) is 0 Å². The van der Waals surface area contributed by atoms with Crippen LogP contribution in [0, 0.1) is 13.8 Å². The maximum Gasteiger partial charge on any atom is 0.374 e. The molecule has 0 N–H and O–H groups in total. The van der Waals surface area contributed by atoms with Crippen LogP contribution >= 0.6 is 0 Å². The summed E-state index contributed by atoms with van der Waals surface area (Å²) in [5.41, 5.74) is 2.01. The van der Waals surface area contributed by atoms with Gasteiger partial charge < -0.3 is 9.15 Å². The Labute approximate surface area is 104 Å².